The first-order valence-electron chi connectivity index (χ1n) is 8.36. The summed E-state index contributed by atoms with van der Waals surface area (Å²) in [4.78, 5) is 25.8. The number of Topliss-reactive ketones (excluding diaryl/α,β-unsaturated/α-hetero) is 1. The molecule has 0 aliphatic heterocycles. The topological polar surface area (TPSA) is 73.0 Å². The van der Waals surface area contributed by atoms with Gasteiger partial charge in [-0.05, 0) is 31.0 Å². The number of aryl methyl sites for hydroxylation is 2. The normalized spacial score (nSPS) is 11.2. The van der Waals surface area contributed by atoms with Crippen molar-refractivity contribution < 1.29 is 4.79 Å². The molecule has 0 radical (unpaired) electrons. The smallest absolute Gasteiger partial charge is 0.173 e. The molecule has 0 atom stereocenters. The van der Waals surface area contributed by atoms with Crippen molar-refractivity contribution in [3.63, 3.8) is 0 Å². The van der Waals surface area contributed by atoms with E-state index >= 15 is 0 Å². The zero-order chi connectivity index (χ0) is 18.1. The molecule has 26 heavy (non-hydrogen) atoms. The Morgan fingerprint density at radius 1 is 1.35 bits per heavy atom. The van der Waals surface area contributed by atoms with Crippen LogP contribution in [0.25, 0.3) is 16.8 Å². The molecule has 4 rings (SSSR count). The van der Waals surface area contributed by atoms with Crippen molar-refractivity contribution in [1.82, 2.24) is 24.6 Å². The number of thiazole rings is 1. The van der Waals surface area contributed by atoms with Crippen molar-refractivity contribution in [2.75, 3.05) is 0 Å². The lowest BCUT2D eigenvalue weighted by Crippen LogP contribution is -2.07. The van der Waals surface area contributed by atoms with Crippen LogP contribution in [0.5, 0.6) is 0 Å². The van der Waals surface area contributed by atoms with Crippen LogP contribution in [0.15, 0.2) is 42.4 Å². The third-order valence-electron chi connectivity index (χ3n) is 4.26. The third kappa shape index (κ3) is 3.01. The molecule has 0 spiro atoms. The Bertz CT molecular complexity index is 1100. The van der Waals surface area contributed by atoms with Crippen LogP contribution in [-0.2, 0) is 12.8 Å². The minimum atomic E-state index is -0.0128. The molecule has 0 unspecified atom stereocenters. The first kappa shape index (κ1) is 16.5. The minimum absolute atomic E-state index is 0.0128. The largest absolute Gasteiger partial charge is 0.294 e. The molecule has 0 aromatic carbocycles. The van der Waals surface area contributed by atoms with Crippen LogP contribution in [0.2, 0.25) is 0 Å². The highest BCUT2D eigenvalue weighted by molar-refractivity contribution is 7.09. The molecule has 0 aliphatic rings. The lowest BCUT2D eigenvalue weighted by atomic mass is 9.99. The van der Waals surface area contributed by atoms with Crippen LogP contribution in [-0.4, -0.2) is 30.3 Å². The number of nitrogens with zero attached hydrogens (tertiary/aromatic N) is 5. The van der Waals surface area contributed by atoms with Gasteiger partial charge in [0.25, 0.3) is 0 Å². The fourth-order valence-electron chi connectivity index (χ4n) is 2.99. The second kappa shape index (κ2) is 6.76. The maximum Gasteiger partial charge on any atom is 0.173 e. The van der Waals surface area contributed by atoms with Crippen molar-refractivity contribution in [3.05, 3.63) is 64.3 Å². The molecule has 0 fully saturated rings. The summed E-state index contributed by atoms with van der Waals surface area (Å²) in [7, 11) is 0. The minimum Gasteiger partial charge on any atom is -0.294 e. The van der Waals surface area contributed by atoms with Crippen molar-refractivity contribution in [2.24, 2.45) is 0 Å². The average molecular weight is 363 g/mol. The van der Waals surface area contributed by atoms with E-state index in [4.69, 9.17) is 0 Å². The van der Waals surface area contributed by atoms with E-state index in [1.54, 1.807) is 10.7 Å². The Kier molecular flexibility index (Phi) is 4.30. The number of pyridine rings is 2. The third-order valence-corrected chi connectivity index (χ3v) is 5.22. The Morgan fingerprint density at radius 3 is 3.00 bits per heavy atom. The summed E-state index contributed by atoms with van der Waals surface area (Å²) in [6.07, 6.45) is 8.12. The van der Waals surface area contributed by atoms with E-state index in [1.807, 2.05) is 36.8 Å². The van der Waals surface area contributed by atoms with E-state index in [9.17, 15) is 4.79 Å². The van der Waals surface area contributed by atoms with Gasteiger partial charge in [0.15, 0.2) is 11.4 Å². The van der Waals surface area contributed by atoms with E-state index in [-0.39, 0.29) is 12.2 Å². The lowest BCUT2D eigenvalue weighted by molar-refractivity contribution is 0.0994. The number of hydrogen-bond acceptors (Lipinski definition) is 6. The van der Waals surface area contributed by atoms with E-state index < -0.39 is 0 Å². The molecule has 6 nitrogen and oxygen atoms in total. The zero-order valence-electron chi connectivity index (χ0n) is 14.5. The summed E-state index contributed by atoms with van der Waals surface area (Å²) >= 11 is 1.50. The van der Waals surface area contributed by atoms with Gasteiger partial charge < -0.3 is 0 Å². The van der Waals surface area contributed by atoms with Gasteiger partial charge >= 0.3 is 0 Å². The first-order valence-corrected chi connectivity index (χ1v) is 9.24. The number of fused-ring (bicyclic) bond motifs is 1. The molecule has 0 saturated heterocycles. The Hall–Kier alpha value is -2.93. The van der Waals surface area contributed by atoms with Gasteiger partial charge in [0.05, 0.1) is 12.0 Å². The van der Waals surface area contributed by atoms with Gasteiger partial charge in [-0.1, -0.05) is 6.92 Å². The number of carbonyl (C=O) groups excluding carboxylic acids is 1. The van der Waals surface area contributed by atoms with E-state index in [0.717, 1.165) is 28.2 Å². The second-order valence-electron chi connectivity index (χ2n) is 6.04. The maximum atomic E-state index is 12.9. The van der Waals surface area contributed by atoms with Crippen LogP contribution in [0, 0.1) is 6.92 Å². The SMILES string of the molecule is CCc1ccncc1-c1cc(C(=O)Cc2nc(C)cs2)c2ncnn2c1. The van der Waals surface area contributed by atoms with Crippen LogP contribution in [0.1, 0.15) is 33.5 Å². The molecular formula is C19H17N5OS. The summed E-state index contributed by atoms with van der Waals surface area (Å²) in [5.41, 5.74) is 5.14. The fourth-order valence-corrected chi connectivity index (χ4v) is 3.76. The Morgan fingerprint density at radius 2 is 2.23 bits per heavy atom. The van der Waals surface area contributed by atoms with Crippen LogP contribution >= 0.6 is 11.3 Å². The van der Waals surface area contributed by atoms with Crippen molar-refractivity contribution in [3.8, 4) is 11.1 Å². The van der Waals surface area contributed by atoms with Gasteiger partial charge in [0, 0.05) is 40.8 Å². The van der Waals surface area contributed by atoms with Crippen molar-refractivity contribution in [1.29, 1.82) is 0 Å². The van der Waals surface area contributed by atoms with Gasteiger partial charge in [-0.15, -0.1) is 11.3 Å². The number of carbonyl (C=O) groups is 1. The quantitative estimate of drug-likeness (QED) is 0.507. The summed E-state index contributed by atoms with van der Waals surface area (Å²) < 4.78 is 1.65. The second-order valence-corrected chi connectivity index (χ2v) is 6.98. The zero-order valence-corrected chi connectivity index (χ0v) is 15.3. The molecule has 0 bridgehead atoms. The monoisotopic (exact) mass is 363 g/mol. The molecule has 0 amide bonds. The summed E-state index contributed by atoms with van der Waals surface area (Å²) in [5, 5.41) is 7.00. The number of aromatic nitrogens is 5. The molecule has 0 saturated carbocycles. The Balaban J connectivity index is 1.81. The number of ketones is 1. The highest BCUT2D eigenvalue weighted by Gasteiger charge is 2.17. The van der Waals surface area contributed by atoms with Crippen LogP contribution < -0.4 is 0 Å². The highest BCUT2D eigenvalue weighted by Crippen LogP contribution is 2.26. The number of hydrogen-bond donors (Lipinski definition) is 0. The van der Waals surface area contributed by atoms with Crippen molar-refractivity contribution in [2.45, 2.75) is 26.7 Å². The highest BCUT2D eigenvalue weighted by atomic mass is 32.1. The van der Waals surface area contributed by atoms with Gasteiger partial charge in [-0.3, -0.25) is 9.78 Å². The summed E-state index contributed by atoms with van der Waals surface area (Å²) in [5.74, 6) is -0.0128. The number of rotatable bonds is 5. The molecule has 4 aromatic rings. The molecule has 130 valence electrons. The molecule has 0 aliphatic carbocycles. The maximum absolute atomic E-state index is 12.9. The van der Waals surface area contributed by atoms with Gasteiger partial charge in [0.2, 0.25) is 0 Å². The average Bonchev–Trinajstić information content (AvgIpc) is 3.29. The van der Waals surface area contributed by atoms with Gasteiger partial charge in [-0.25, -0.2) is 14.5 Å². The Labute approximate surface area is 154 Å². The predicted molar refractivity (Wildman–Crippen MR) is 100 cm³/mol. The molecule has 7 heteroatoms. The standard InChI is InChI=1S/C19H17N5OS/c1-3-13-4-5-20-8-16(13)14-6-15(19-21-11-22-24(19)9-14)17(25)7-18-23-12(2)10-26-18/h4-6,8-11H,3,7H2,1-2H3. The van der Waals surface area contributed by atoms with Gasteiger partial charge in [-0.2, -0.15) is 5.10 Å². The lowest BCUT2D eigenvalue weighted by Gasteiger charge is -2.10. The molecule has 0 N–H and O–H groups in total. The van der Waals surface area contributed by atoms with E-state index in [1.165, 1.54) is 23.2 Å². The predicted octanol–water partition coefficient (Wildman–Crippen LogP) is 3.54. The van der Waals surface area contributed by atoms with Crippen LogP contribution in [0.3, 0.4) is 0 Å². The molecule has 4 heterocycles. The van der Waals surface area contributed by atoms with E-state index in [2.05, 4.69) is 27.0 Å². The van der Waals surface area contributed by atoms with E-state index in [0.29, 0.717) is 11.2 Å². The first-order chi connectivity index (χ1) is 12.7. The molecule has 4 aromatic heterocycles. The molecular weight excluding hydrogens is 346 g/mol. The fraction of sp³-hybridized carbons (Fsp3) is 0.211. The van der Waals surface area contributed by atoms with Crippen LogP contribution in [0.4, 0.5) is 0 Å². The van der Waals surface area contributed by atoms with Gasteiger partial charge in [0.1, 0.15) is 11.3 Å². The van der Waals surface area contributed by atoms with Crippen molar-refractivity contribution >= 4 is 22.8 Å². The summed E-state index contributed by atoms with van der Waals surface area (Å²) in [6.45, 7) is 4.03. The summed E-state index contributed by atoms with van der Waals surface area (Å²) in [6, 6.07) is 3.89.